The molecule has 7 heteroatoms. The molecule has 0 aliphatic carbocycles. The highest BCUT2D eigenvalue weighted by Crippen LogP contribution is 2.33. The molecule has 0 saturated heterocycles. The zero-order valence-corrected chi connectivity index (χ0v) is 15.2. The standard InChI is InChI=1S/C17H25NO5S/c1-4-6-13-14(8-7-12(11(2)19)15(13)20)23-10-5-9-17(3,24)16(21)18-22/h7-8,20,22,24H,4-6,9-10H2,1-3H3,(H,18,21). The average molecular weight is 355 g/mol. The lowest BCUT2D eigenvalue weighted by Gasteiger charge is -2.21. The number of rotatable bonds is 9. The van der Waals surface area contributed by atoms with Gasteiger partial charge in [0, 0.05) is 5.56 Å². The number of aromatic hydroxyl groups is 1. The molecule has 1 amide bonds. The molecule has 1 rings (SSSR count). The zero-order chi connectivity index (χ0) is 18.3. The highest BCUT2D eigenvalue weighted by atomic mass is 32.1. The second-order valence-electron chi connectivity index (χ2n) is 5.91. The number of hydrogen-bond acceptors (Lipinski definition) is 6. The van der Waals surface area contributed by atoms with Crippen molar-refractivity contribution in [3.05, 3.63) is 23.3 Å². The van der Waals surface area contributed by atoms with E-state index in [9.17, 15) is 14.7 Å². The summed E-state index contributed by atoms with van der Waals surface area (Å²) in [5.74, 6) is -0.259. The van der Waals surface area contributed by atoms with Crippen molar-refractivity contribution in [1.29, 1.82) is 0 Å². The number of phenolic OH excluding ortho intramolecular Hbond substituents is 1. The van der Waals surface area contributed by atoms with Crippen molar-refractivity contribution in [3.63, 3.8) is 0 Å². The molecular weight excluding hydrogens is 330 g/mol. The largest absolute Gasteiger partial charge is 0.507 e. The molecule has 0 heterocycles. The normalized spacial score (nSPS) is 13.2. The van der Waals surface area contributed by atoms with Gasteiger partial charge >= 0.3 is 0 Å². The minimum atomic E-state index is -0.995. The van der Waals surface area contributed by atoms with Gasteiger partial charge in [-0.05, 0) is 45.2 Å². The van der Waals surface area contributed by atoms with Gasteiger partial charge in [0.1, 0.15) is 11.5 Å². The van der Waals surface area contributed by atoms with E-state index in [1.807, 2.05) is 6.92 Å². The number of phenols is 1. The summed E-state index contributed by atoms with van der Waals surface area (Å²) in [6, 6.07) is 3.23. The molecular formula is C17H25NO5S. The van der Waals surface area contributed by atoms with Crippen molar-refractivity contribution < 1.29 is 24.6 Å². The highest BCUT2D eigenvalue weighted by molar-refractivity contribution is 7.82. The fourth-order valence-corrected chi connectivity index (χ4v) is 2.57. The third-order valence-corrected chi connectivity index (χ3v) is 4.20. The molecule has 0 aliphatic rings. The molecule has 1 unspecified atom stereocenters. The molecule has 6 nitrogen and oxygen atoms in total. The fourth-order valence-electron chi connectivity index (χ4n) is 2.36. The Balaban J connectivity index is 2.76. The van der Waals surface area contributed by atoms with Crippen LogP contribution in [0, 0.1) is 0 Å². The summed E-state index contributed by atoms with van der Waals surface area (Å²) >= 11 is 4.22. The zero-order valence-electron chi connectivity index (χ0n) is 14.3. The Bertz CT molecular complexity index is 601. The summed E-state index contributed by atoms with van der Waals surface area (Å²) in [7, 11) is 0. The molecule has 1 aromatic rings. The van der Waals surface area contributed by atoms with E-state index in [1.54, 1.807) is 24.5 Å². The Hall–Kier alpha value is -1.73. The van der Waals surface area contributed by atoms with Crippen LogP contribution in [0.3, 0.4) is 0 Å². The predicted octanol–water partition coefficient (Wildman–Crippen LogP) is 2.90. The van der Waals surface area contributed by atoms with Crippen LogP contribution < -0.4 is 10.2 Å². The maximum atomic E-state index is 11.5. The lowest BCUT2D eigenvalue weighted by atomic mass is 10.0. The summed E-state index contributed by atoms with van der Waals surface area (Å²) in [6.07, 6.45) is 2.34. The summed E-state index contributed by atoms with van der Waals surface area (Å²) < 4.78 is 4.72. The van der Waals surface area contributed by atoms with Crippen LogP contribution in [0.25, 0.3) is 0 Å². The molecule has 134 valence electrons. The van der Waals surface area contributed by atoms with Gasteiger partial charge < -0.3 is 9.84 Å². The van der Waals surface area contributed by atoms with E-state index >= 15 is 0 Å². The predicted molar refractivity (Wildman–Crippen MR) is 94.2 cm³/mol. The number of ether oxygens (including phenoxy) is 1. The van der Waals surface area contributed by atoms with Crippen molar-refractivity contribution in [2.75, 3.05) is 6.61 Å². The number of Topliss-reactive ketones (excluding diaryl/α,β-unsaturated/α-hetero) is 1. The summed E-state index contributed by atoms with van der Waals surface area (Å²) in [4.78, 5) is 23.0. The van der Waals surface area contributed by atoms with Crippen LogP contribution >= 0.6 is 12.6 Å². The maximum Gasteiger partial charge on any atom is 0.258 e. The van der Waals surface area contributed by atoms with Gasteiger partial charge in [0.05, 0.1) is 16.9 Å². The van der Waals surface area contributed by atoms with Crippen LogP contribution in [0.15, 0.2) is 12.1 Å². The molecule has 0 spiro atoms. The van der Waals surface area contributed by atoms with Gasteiger partial charge in [0.2, 0.25) is 0 Å². The third-order valence-electron chi connectivity index (χ3n) is 3.78. The van der Waals surface area contributed by atoms with E-state index in [2.05, 4.69) is 12.6 Å². The molecule has 24 heavy (non-hydrogen) atoms. The smallest absolute Gasteiger partial charge is 0.258 e. The Morgan fingerprint density at radius 1 is 1.38 bits per heavy atom. The lowest BCUT2D eigenvalue weighted by molar-refractivity contribution is -0.131. The first-order valence-corrected chi connectivity index (χ1v) is 8.34. The van der Waals surface area contributed by atoms with Crippen molar-refractivity contribution in [3.8, 4) is 11.5 Å². The van der Waals surface area contributed by atoms with Crippen LogP contribution in [0.4, 0.5) is 0 Å². The molecule has 0 aromatic heterocycles. The van der Waals surface area contributed by atoms with Crippen LogP contribution in [-0.4, -0.2) is 33.4 Å². The van der Waals surface area contributed by atoms with Crippen molar-refractivity contribution >= 4 is 24.3 Å². The molecule has 0 aliphatic heterocycles. The lowest BCUT2D eigenvalue weighted by Crippen LogP contribution is -2.38. The van der Waals surface area contributed by atoms with Crippen LogP contribution in [0.5, 0.6) is 11.5 Å². The van der Waals surface area contributed by atoms with Gasteiger partial charge in [-0.1, -0.05) is 13.3 Å². The monoisotopic (exact) mass is 355 g/mol. The average Bonchev–Trinajstić information content (AvgIpc) is 2.53. The number of carbonyl (C=O) groups is 2. The summed E-state index contributed by atoms with van der Waals surface area (Å²) in [5, 5.41) is 18.9. The van der Waals surface area contributed by atoms with E-state index < -0.39 is 10.7 Å². The first kappa shape index (κ1) is 20.3. The van der Waals surface area contributed by atoms with E-state index in [0.717, 1.165) is 6.42 Å². The second-order valence-corrected chi connectivity index (χ2v) is 6.90. The minimum absolute atomic E-state index is 0.0273. The number of benzene rings is 1. The topological polar surface area (TPSA) is 95.9 Å². The van der Waals surface area contributed by atoms with Crippen LogP contribution in [-0.2, 0) is 11.2 Å². The summed E-state index contributed by atoms with van der Waals surface area (Å²) in [5.41, 5.74) is 2.50. The number of nitrogens with one attached hydrogen (secondary N) is 1. The Kier molecular flexibility index (Phi) is 7.57. The van der Waals surface area contributed by atoms with Gasteiger partial charge in [-0.25, -0.2) is 5.48 Å². The fraction of sp³-hybridized carbons (Fsp3) is 0.529. The molecule has 0 fully saturated rings. The van der Waals surface area contributed by atoms with Gasteiger partial charge in [-0.3, -0.25) is 14.8 Å². The van der Waals surface area contributed by atoms with E-state index in [-0.39, 0.29) is 17.1 Å². The van der Waals surface area contributed by atoms with Gasteiger partial charge in [-0.15, -0.1) is 0 Å². The molecule has 3 N–H and O–H groups in total. The number of ketones is 1. The van der Waals surface area contributed by atoms with Gasteiger partial charge in [-0.2, -0.15) is 12.6 Å². The first-order chi connectivity index (χ1) is 11.2. The van der Waals surface area contributed by atoms with E-state index in [1.165, 1.54) is 6.92 Å². The number of thiol groups is 1. The SMILES string of the molecule is CCCc1c(OCCCC(C)(S)C(=O)NO)ccc(C(C)=O)c1O. The van der Waals surface area contributed by atoms with Crippen LogP contribution in [0.1, 0.15) is 56.0 Å². The molecule has 1 aromatic carbocycles. The van der Waals surface area contributed by atoms with E-state index in [4.69, 9.17) is 9.94 Å². The Morgan fingerprint density at radius 2 is 2.04 bits per heavy atom. The maximum absolute atomic E-state index is 11.5. The van der Waals surface area contributed by atoms with Gasteiger partial charge in [0.15, 0.2) is 5.78 Å². The van der Waals surface area contributed by atoms with Crippen molar-refractivity contribution in [2.45, 2.75) is 51.2 Å². The summed E-state index contributed by atoms with van der Waals surface area (Å²) in [6.45, 7) is 5.32. The van der Waals surface area contributed by atoms with Crippen LogP contribution in [0.2, 0.25) is 0 Å². The second kappa shape index (κ2) is 8.94. The number of hydroxylamine groups is 1. The highest BCUT2D eigenvalue weighted by Gasteiger charge is 2.28. The number of amides is 1. The molecule has 0 saturated carbocycles. The minimum Gasteiger partial charge on any atom is -0.507 e. The number of carbonyl (C=O) groups excluding carboxylic acids is 2. The van der Waals surface area contributed by atoms with E-state index in [0.29, 0.717) is 37.2 Å². The molecule has 0 radical (unpaired) electrons. The van der Waals surface area contributed by atoms with Gasteiger partial charge in [0.25, 0.3) is 5.91 Å². The number of hydrogen-bond donors (Lipinski definition) is 4. The Morgan fingerprint density at radius 3 is 2.58 bits per heavy atom. The Labute approximate surface area is 147 Å². The quantitative estimate of drug-likeness (QED) is 0.180. The first-order valence-electron chi connectivity index (χ1n) is 7.90. The molecule has 1 atom stereocenters. The van der Waals surface area contributed by atoms with Crippen molar-refractivity contribution in [1.82, 2.24) is 5.48 Å². The third kappa shape index (κ3) is 5.14. The van der Waals surface area contributed by atoms with Crippen molar-refractivity contribution in [2.24, 2.45) is 0 Å². The molecule has 0 bridgehead atoms.